The molecule has 8 aromatic rings. The van der Waals surface area contributed by atoms with Crippen molar-refractivity contribution in [3.8, 4) is 40.2 Å². The van der Waals surface area contributed by atoms with Crippen LogP contribution in [0.3, 0.4) is 0 Å². The van der Waals surface area contributed by atoms with Gasteiger partial charge in [-0.3, -0.25) is 33.6 Å². The molecule has 6 aromatic carbocycles. The summed E-state index contributed by atoms with van der Waals surface area (Å²) in [6, 6.07) is 28.5. The maximum atomic E-state index is 13.6. The molecule has 0 saturated heterocycles. The van der Waals surface area contributed by atoms with Crippen molar-refractivity contribution in [1.29, 1.82) is 0 Å². The first kappa shape index (κ1) is 88.1. The lowest BCUT2D eigenvalue weighted by Gasteiger charge is -2.24. The standard InChI is InChI=1S/C36H51ClN4O4.C36H41N5O10S3.C8H8O2/c1-5-6-7-8-9-10-11-12-13-14-15-16-17-20-25-45-35(44)27-23-24-28(37)30(26-27)38-34(43)32(33(42)36(2,3)4)41-31-22-19-18-21-29(31)39-40-41;1-7-9-28(43)38-22-16-26(23(15-24(22)42)39-29(44)17-50-25-11-10-18(3)13-19(25)4)51-27-14-21(33(47)37-12-8-2)32(31(46)30(27)45)53-36-41-40-35(54-36)52-20(5)34(48)49-6;1-7(9)10-8-5-3-2-4-6-8/h18-19,21-24,26,32H,5-17,20,25H2,1-4H3,(H,38,43);10-11,13-16,20,42,45-46H,7-9,12,17H2,1-6H3,(H,37,47)(H,38,43)(H,39,44);2-6H,1H3. The fourth-order valence-electron chi connectivity index (χ4n) is 10.7. The molecule has 2 heterocycles. The van der Waals surface area contributed by atoms with Gasteiger partial charge in [0.1, 0.15) is 28.0 Å². The molecule has 0 saturated carbocycles. The van der Waals surface area contributed by atoms with Gasteiger partial charge in [-0.1, -0.05) is 225 Å². The fraction of sp³-hybridized carbons (Fsp3) is 0.425. The number of aromatic hydroxyl groups is 3. The zero-order valence-electron chi connectivity index (χ0n) is 63.7. The van der Waals surface area contributed by atoms with Crippen LogP contribution in [0.2, 0.25) is 5.02 Å². The lowest BCUT2D eigenvalue weighted by Crippen LogP contribution is -2.39. The molecule has 8 rings (SSSR count). The van der Waals surface area contributed by atoms with Gasteiger partial charge >= 0.3 is 17.9 Å². The van der Waals surface area contributed by atoms with Gasteiger partial charge in [0.2, 0.25) is 11.7 Å². The minimum atomic E-state index is -1.29. The van der Waals surface area contributed by atoms with E-state index >= 15 is 0 Å². The highest BCUT2D eigenvalue weighted by molar-refractivity contribution is 8.04. The number of benzene rings is 6. The molecular formula is C80H100ClN9O16S3. The van der Waals surface area contributed by atoms with E-state index in [0.717, 1.165) is 71.3 Å². The van der Waals surface area contributed by atoms with Crippen molar-refractivity contribution in [2.24, 2.45) is 5.41 Å². The van der Waals surface area contributed by atoms with Crippen LogP contribution in [0, 0.1) is 19.3 Å². The first-order valence-corrected chi connectivity index (χ1v) is 39.4. The average molecular weight is 1580 g/mol. The second kappa shape index (κ2) is 45.3. The van der Waals surface area contributed by atoms with Crippen molar-refractivity contribution in [2.45, 2.75) is 203 Å². The number of nitrogens with zero attached hydrogens (tertiary/aromatic N) is 5. The fourth-order valence-corrected chi connectivity index (χ4v) is 14.2. The number of para-hydroxylation sites is 2. The quantitative estimate of drug-likeness (QED) is 0.00472. The van der Waals surface area contributed by atoms with E-state index in [2.05, 4.69) is 48.7 Å². The van der Waals surface area contributed by atoms with Crippen LogP contribution in [0.25, 0.3) is 11.0 Å². The zero-order chi connectivity index (χ0) is 79.6. The number of carbonyl (C=O) groups excluding carboxylic acids is 8. The van der Waals surface area contributed by atoms with Gasteiger partial charge in [-0.15, -0.1) is 15.3 Å². The number of ether oxygens (including phenoxy) is 5. The van der Waals surface area contributed by atoms with E-state index < -0.39 is 81.9 Å². The number of ketones is 1. The summed E-state index contributed by atoms with van der Waals surface area (Å²) < 4.78 is 28.8. The Balaban J connectivity index is 0.000000305. The summed E-state index contributed by atoms with van der Waals surface area (Å²) in [5, 5.41) is 60.2. The molecule has 0 aliphatic carbocycles. The van der Waals surface area contributed by atoms with Gasteiger partial charge in [0.05, 0.1) is 57.3 Å². The number of thioether (sulfide) groups is 1. The van der Waals surface area contributed by atoms with E-state index in [1.54, 1.807) is 70.2 Å². The molecule has 0 aliphatic rings. The van der Waals surface area contributed by atoms with Crippen LogP contribution in [-0.2, 0) is 38.2 Å². The Hall–Kier alpha value is -9.77. The lowest BCUT2D eigenvalue weighted by molar-refractivity contribution is -0.139. The molecular weight excluding hydrogens is 1470 g/mol. The number of phenolic OH excluding ortho intramolecular Hbond substituents is 3. The number of fused-ring (bicyclic) bond motifs is 1. The minimum absolute atomic E-state index is 0.0579. The second-order valence-corrected chi connectivity index (χ2v) is 30.9. The number of esters is 3. The average Bonchev–Trinajstić information content (AvgIpc) is 1.75. The third-order valence-corrected chi connectivity index (χ3v) is 20.0. The summed E-state index contributed by atoms with van der Waals surface area (Å²) in [5.41, 5.74) is 2.39. The van der Waals surface area contributed by atoms with E-state index in [1.807, 2.05) is 64.1 Å². The Bertz CT molecular complexity index is 4360. The predicted octanol–water partition coefficient (Wildman–Crippen LogP) is 17.9. The molecule has 2 atom stereocenters. The Morgan fingerprint density at radius 2 is 1.29 bits per heavy atom. The number of methoxy groups -OCH3 is 1. The van der Waals surface area contributed by atoms with E-state index in [1.165, 1.54) is 114 Å². The van der Waals surface area contributed by atoms with Crippen LogP contribution in [0.1, 0.15) is 202 Å². The van der Waals surface area contributed by atoms with Gasteiger partial charge in [-0.2, -0.15) is 0 Å². The molecule has 25 nitrogen and oxygen atoms in total. The molecule has 29 heteroatoms. The highest BCUT2D eigenvalue weighted by atomic mass is 35.5. The predicted molar refractivity (Wildman–Crippen MR) is 425 cm³/mol. The number of hydrogen-bond acceptors (Lipinski definition) is 23. The third-order valence-electron chi connectivity index (χ3n) is 16.4. The number of unbranched alkanes of at least 4 members (excludes halogenated alkanes) is 13. The number of Topliss-reactive ketones (excluding diaryl/α,β-unsaturated/α-hetero) is 1. The smallest absolute Gasteiger partial charge is 0.338 e. The van der Waals surface area contributed by atoms with Crippen molar-refractivity contribution in [3.63, 3.8) is 0 Å². The second-order valence-electron chi connectivity index (χ2n) is 26.7. The Labute approximate surface area is 654 Å². The number of amides is 4. The summed E-state index contributed by atoms with van der Waals surface area (Å²) >= 11 is 9.48. The third kappa shape index (κ3) is 28.6. The van der Waals surface area contributed by atoms with Crippen molar-refractivity contribution in [2.75, 3.05) is 42.8 Å². The van der Waals surface area contributed by atoms with Gasteiger partial charge in [0.15, 0.2) is 44.4 Å². The molecule has 7 N–H and O–H groups in total. The number of aryl methyl sites for hydroxylation is 2. The number of halogens is 1. The van der Waals surface area contributed by atoms with Crippen molar-refractivity contribution < 1.29 is 77.4 Å². The molecule has 0 radical (unpaired) electrons. The van der Waals surface area contributed by atoms with Crippen molar-refractivity contribution in [3.05, 3.63) is 136 Å². The van der Waals surface area contributed by atoms with Gasteiger partial charge in [-0.25, -0.2) is 9.48 Å². The number of nitrogens with one attached hydrogen (secondary N) is 4. The van der Waals surface area contributed by atoms with Gasteiger partial charge in [-0.05, 0) is 100 Å². The van der Waals surface area contributed by atoms with E-state index in [4.69, 9.17) is 35.3 Å². The number of phenols is 3. The maximum absolute atomic E-state index is 13.6. The van der Waals surface area contributed by atoms with Crippen LogP contribution in [0.5, 0.6) is 40.2 Å². The first-order chi connectivity index (χ1) is 52.2. The van der Waals surface area contributed by atoms with Gasteiger partial charge in [0.25, 0.3) is 17.7 Å². The monoisotopic (exact) mass is 1570 g/mol. The topological polar surface area (TPSA) is 348 Å². The van der Waals surface area contributed by atoms with Crippen LogP contribution in [-0.4, -0.2) is 120 Å². The van der Waals surface area contributed by atoms with Crippen LogP contribution >= 0.6 is 46.5 Å². The van der Waals surface area contributed by atoms with Crippen LogP contribution in [0.4, 0.5) is 17.1 Å². The van der Waals surface area contributed by atoms with E-state index in [0.29, 0.717) is 57.2 Å². The minimum Gasteiger partial charge on any atom is -0.506 e. The molecule has 109 heavy (non-hydrogen) atoms. The SMILES string of the molecule is CC(=O)Oc1ccccc1.CCCCCCCCCCCCCCCCOC(=O)c1ccc(Cl)c(NC(=O)C(C(=O)C(C)(C)C)n2nnc3ccccc32)c1.CCCNC(=O)c1cc(Oc2cc(NC(=O)CCC)c(O)cc2NC(=O)COc2ccc(C)cc2C)c(O)c(O)c1Sc1nnc(SC(C)C(=O)OC)s1. The Kier molecular flexibility index (Phi) is 36.6. The number of rotatable bonds is 38. The van der Waals surface area contributed by atoms with E-state index in [-0.39, 0.29) is 62.0 Å². The summed E-state index contributed by atoms with van der Waals surface area (Å²) in [6.45, 7) is 18.2. The molecule has 0 spiro atoms. The summed E-state index contributed by atoms with van der Waals surface area (Å²) in [7, 11) is 1.28. The Morgan fingerprint density at radius 1 is 0.651 bits per heavy atom. The number of aromatic nitrogens is 5. The maximum Gasteiger partial charge on any atom is 0.338 e. The number of anilines is 3. The molecule has 2 unspecified atom stereocenters. The number of carbonyl (C=O) groups is 8. The highest BCUT2D eigenvalue weighted by Gasteiger charge is 2.38. The summed E-state index contributed by atoms with van der Waals surface area (Å²) in [6.07, 6.45) is 18.9. The molecule has 0 fully saturated rings. The molecule has 4 amide bonds. The molecule has 0 aliphatic heterocycles. The summed E-state index contributed by atoms with van der Waals surface area (Å²) in [5.74, 6) is -5.15. The van der Waals surface area contributed by atoms with Gasteiger partial charge in [0, 0.05) is 37.4 Å². The lowest BCUT2D eigenvalue weighted by atomic mass is 9.86. The normalized spacial score (nSPS) is 11.5. The van der Waals surface area contributed by atoms with Crippen LogP contribution < -0.4 is 35.5 Å². The molecule has 586 valence electrons. The van der Waals surface area contributed by atoms with Crippen molar-refractivity contribution in [1.82, 2.24) is 30.5 Å². The Morgan fingerprint density at radius 3 is 1.93 bits per heavy atom. The zero-order valence-corrected chi connectivity index (χ0v) is 66.9. The van der Waals surface area contributed by atoms with Crippen LogP contribution in [0.15, 0.2) is 123 Å². The number of hydrogen-bond donors (Lipinski definition) is 7. The summed E-state index contributed by atoms with van der Waals surface area (Å²) in [4.78, 5) is 101. The van der Waals surface area contributed by atoms with Crippen molar-refractivity contribution >= 4 is 122 Å². The first-order valence-electron chi connectivity index (χ1n) is 36.5. The highest BCUT2D eigenvalue weighted by Crippen LogP contribution is 2.51. The largest absolute Gasteiger partial charge is 0.506 e. The van der Waals surface area contributed by atoms with E-state index in [9.17, 15) is 53.7 Å². The molecule has 2 aromatic heterocycles. The van der Waals surface area contributed by atoms with Gasteiger partial charge < -0.3 is 60.3 Å². The molecule has 0 bridgehead atoms.